The molecule has 0 radical (unpaired) electrons. The second-order valence-corrected chi connectivity index (χ2v) is 10.2. The van der Waals surface area contributed by atoms with E-state index in [-0.39, 0.29) is 5.97 Å². The molecule has 1 aliphatic heterocycles. The van der Waals surface area contributed by atoms with Crippen LogP contribution >= 0.6 is 17.3 Å². The molecular formula is C25H27NO3P2. The zero-order chi connectivity index (χ0) is 22.1. The maximum Gasteiger partial charge on any atom is 0.327 e. The first-order valence-corrected chi connectivity index (χ1v) is 12.0. The van der Waals surface area contributed by atoms with Crippen molar-refractivity contribution in [1.82, 2.24) is 4.67 Å². The molecule has 0 N–H and O–H groups in total. The molecule has 3 aromatic rings. The lowest BCUT2D eigenvalue weighted by Crippen LogP contribution is -2.40. The Morgan fingerprint density at radius 3 is 1.65 bits per heavy atom. The van der Waals surface area contributed by atoms with Crippen LogP contribution in [0.1, 0.15) is 19.8 Å². The van der Waals surface area contributed by atoms with Crippen molar-refractivity contribution in [3.8, 4) is 0 Å². The predicted molar refractivity (Wildman–Crippen MR) is 131 cm³/mol. The molecule has 6 heteroatoms. The van der Waals surface area contributed by atoms with E-state index in [1.54, 1.807) is 11.6 Å². The summed E-state index contributed by atoms with van der Waals surface area (Å²) in [5.74, 6) is -0.251. The quantitative estimate of drug-likeness (QED) is 0.325. The van der Waals surface area contributed by atoms with E-state index in [0.717, 1.165) is 6.29 Å². The van der Waals surface area contributed by atoms with Crippen molar-refractivity contribution in [2.24, 2.45) is 0 Å². The van der Waals surface area contributed by atoms with Crippen LogP contribution in [0.25, 0.3) is 0 Å². The number of hydrogen-bond acceptors (Lipinski definition) is 4. The van der Waals surface area contributed by atoms with E-state index in [2.05, 4.69) is 100 Å². The molecule has 1 saturated heterocycles. The molecule has 160 valence electrons. The Bertz CT molecular complexity index is 876. The second kappa shape index (κ2) is 11.3. The van der Waals surface area contributed by atoms with Crippen LogP contribution in [0.5, 0.6) is 0 Å². The number of ether oxygens (including phenoxy) is 1. The first-order valence-electron chi connectivity index (χ1n) is 10.1. The maximum atomic E-state index is 11.2. The Kier molecular flexibility index (Phi) is 8.49. The van der Waals surface area contributed by atoms with Gasteiger partial charge in [-0.1, -0.05) is 100 Å². The molecular weight excluding hydrogens is 424 g/mol. The average molecular weight is 451 g/mol. The summed E-state index contributed by atoms with van der Waals surface area (Å²) in [6.07, 6.45) is 1.71. The molecule has 31 heavy (non-hydrogen) atoms. The van der Waals surface area contributed by atoms with E-state index in [1.807, 2.05) is 0 Å². The van der Waals surface area contributed by atoms with Crippen LogP contribution < -0.4 is 15.9 Å². The van der Waals surface area contributed by atoms with Crippen molar-refractivity contribution in [2.45, 2.75) is 25.3 Å². The van der Waals surface area contributed by atoms with Gasteiger partial charge in [0.25, 0.3) is 0 Å². The highest BCUT2D eigenvalue weighted by Gasteiger charge is 2.44. The number of carbonyl (C=O) groups is 2. The summed E-state index contributed by atoms with van der Waals surface area (Å²) in [7, 11) is 1.99. The lowest BCUT2D eigenvalue weighted by Gasteiger charge is -2.25. The molecule has 4 nitrogen and oxygen atoms in total. The van der Waals surface area contributed by atoms with E-state index < -0.39 is 13.5 Å². The third-order valence-corrected chi connectivity index (χ3v) is 8.36. The number of cyclic esters (lactones) is 1. The average Bonchev–Trinajstić information content (AvgIpc) is 3.08. The maximum absolute atomic E-state index is 11.2. The highest BCUT2D eigenvalue weighted by Crippen LogP contribution is 2.32. The Labute approximate surface area is 187 Å². The van der Waals surface area contributed by atoms with Crippen molar-refractivity contribution in [3.63, 3.8) is 0 Å². The molecule has 4 rings (SSSR count). The van der Waals surface area contributed by atoms with E-state index in [0.29, 0.717) is 19.6 Å². The fourth-order valence-corrected chi connectivity index (χ4v) is 5.92. The number of hydrogen-bond donors (Lipinski definition) is 0. The number of benzene rings is 3. The van der Waals surface area contributed by atoms with Gasteiger partial charge in [0.1, 0.15) is 18.6 Å². The Morgan fingerprint density at radius 2 is 1.32 bits per heavy atom. The van der Waals surface area contributed by atoms with Gasteiger partial charge < -0.3 is 9.53 Å². The normalized spacial score (nSPS) is 18.2. The van der Waals surface area contributed by atoms with Crippen molar-refractivity contribution < 1.29 is 14.3 Å². The van der Waals surface area contributed by atoms with Crippen LogP contribution in [0.3, 0.4) is 0 Å². The monoisotopic (exact) mass is 451 g/mol. The molecule has 0 saturated carbocycles. The van der Waals surface area contributed by atoms with Gasteiger partial charge in [-0.05, 0) is 37.2 Å². The van der Waals surface area contributed by atoms with Gasteiger partial charge in [0.15, 0.2) is 0 Å². The summed E-state index contributed by atoms with van der Waals surface area (Å²) in [4.78, 5) is 21.4. The lowest BCUT2D eigenvalue weighted by atomic mass is 9.97. The van der Waals surface area contributed by atoms with E-state index in [9.17, 15) is 9.59 Å². The van der Waals surface area contributed by atoms with Crippen LogP contribution in [-0.2, 0) is 14.3 Å². The fourth-order valence-electron chi connectivity index (χ4n) is 3.31. The van der Waals surface area contributed by atoms with Crippen molar-refractivity contribution in [3.05, 3.63) is 91.0 Å². The minimum Gasteiger partial charge on any atom is -0.448 e. The molecule has 1 fully saturated rings. The molecule has 0 bridgehead atoms. The van der Waals surface area contributed by atoms with Gasteiger partial charge in [-0.25, -0.2) is 9.46 Å². The highest BCUT2D eigenvalue weighted by molar-refractivity contribution is 7.79. The van der Waals surface area contributed by atoms with Crippen LogP contribution in [0, 0.1) is 0 Å². The van der Waals surface area contributed by atoms with Crippen molar-refractivity contribution in [1.29, 1.82) is 0 Å². The molecule has 3 aromatic carbocycles. The Morgan fingerprint density at radius 1 is 0.903 bits per heavy atom. The molecule has 2 atom stereocenters. The van der Waals surface area contributed by atoms with Crippen LogP contribution in [0.2, 0.25) is 0 Å². The first kappa shape index (κ1) is 23.3. The standard InChI is InChI=1S/C18H15P.C7H12NO3P/c1-4-10-16(11-5-1)19(17-12-6-2-7-13-17)18-14-8-3-9-15-18;1-7(3-2-4-9)6(10)11-5-8(7)12/h1-15H;4H,2-3,5,12H2,1H3. The molecule has 1 aliphatic rings. The van der Waals surface area contributed by atoms with Crippen molar-refractivity contribution in [2.75, 3.05) is 6.73 Å². The molecule has 2 unspecified atom stereocenters. The third kappa shape index (κ3) is 5.86. The minimum atomic E-state index is -0.633. The van der Waals surface area contributed by atoms with Gasteiger partial charge in [0.2, 0.25) is 0 Å². The first-order chi connectivity index (χ1) is 15.1. The summed E-state index contributed by atoms with van der Waals surface area (Å²) in [6, 6.07) is 32.3. The van der Waals surface area contributed by atoms with Crippen LogP contribution in [0.15, 0.2) is 91.0 Å². The van der Waals surface area contributed by atoms with Gasteiger partial charge in [-0.3, -0.25) is 0 Å². The summed E-state index contributed by atoms with van der Waals surface area (Å²) >= 11 is 0. The lowest BCUT2D eigenvalue weighted by molar-refractivity contribution is -0.142. The smallest absolute Gasteiger partial charge is 0.327 e. The summed E-state index contributed by atoms with van der Waals surface area (Å²) in [5.41, 5.74) is -0.633. The molecule has 0 spiro atoms. The van der Waals surface area contributed by atoms with Gasteiger partial charge in [0, 0.05) is 6.42 Å². The van der Waals surface area contributed by atoms with Crippen molar-refractivity contribution >= 4 is 45.5 Å². The van der Waals surface area contributed by atoms with Gasteiger partial charge >= 0.3 is 5.97 Å². The number of nitrogens with zero attached hydrogens (tertiary/aromatic N) is 1. The molecule has 0 aliphatic carbocycles. The van der Waals surface area contributed by atoms with Gasteiger partial charge in [-0.15, -0.1) is 0 Å². The van der Waals surface area contributed by atoms with E-state index >= 15 is 0 Å². The SMILES string of the molecule is CC1(CCC=O)C(=O)OCN1P.c1ccc(P(c2ccccc2)c2ccccc2)cc1. The molecule has 0 amide bonds. The fraction of sp³-hybridized carbons (Fsp3) is 0.200. The summed E-state index contributed by atoms with van der Waals surface area (Å²) < 4.78 is 6.56. The van der Waals surface area contributed by atoms with Gasteiger partial charge in [-0.2, -0.15) is 0 Å². The predicted octanol–water partition coefficient (Wildman–Crippen LogP) is 3.78. The molecule has 1 heterocycles. The number of rotatable bonds is 6. The largest absolute Gasteiger partial charge is 0.448 e. The highest BCUT2D eigenvalue weighted by atomic mass is 31.1. The number of carbonyl (C=O) groups excluding carboxylic acids is 2. The zero-order valence-corrected chi connectivity index (χ0v) is 19.6. The molecule has 0 aromatic heterocycles. The van der Waals surface area contributed by atoms with E-state index in [4.69, 9.17) is 4.74 Å². The van der Waals surface area contributed by atoms with Gasteiger partial charge in [0.05, 0.1) is 0 Å². The topological polar surface area (TPSA) is 46.6 Å². The Hall–Kier alpha value is -2.38. The minimum absolute atomic E-state index is 0.251. The van der Waals surface area contributed by atoms with E-state index in [1.165, 1.54) is 15.9 Å². The van der Waals surface area contributed by atoms with Crippen LogP contribution in [0.4, 0.5) is 0 Å². The Balaban J connectivity index is 0.000000196. The van der Waals surface area contributed by atoms with Crippen LogP contribution in [-0.4, -0.2) is 29.2 Å². The zero-order valence-electron chi connectivity index (χ0n) is 17.6. The summed E-state index contributed by atoms with van der Waals surface area (Å²) in [6.45, 7) is 2.07. The summed E-state index contributed by atoms with van der Waals surface area (Å²) in [5, 5.41) is 4.19. The second-order valence-electron chi connectivity index (χ2n) is 7.35. The third-order valence-electron chi connectivity index (χ3n) is 5.20. The number of esters is 1. The number of aldehydes is 1.